The van der Waals surface area contributed by atoms with Gasteiger partial charge in [0.2, 0.25) is 6.73 Å². The van der Waals surface area contributed by atoms with Crippen LogP contribution in [0.2, 0.25) is 5.02 Å². The van der Waals surface area contributed by atoms with Crippen LogP contribution in [0.5, 0.6) is 11.5 Å². The zero-order valence-electron chi connectivity index (χ0n) is 17.2. The minimum Gasteiger partial charge on any atom is -1.00 e. The number of para-hydroxylation sites is 1. The molecule has 29 heavy (non-hydrogen) atoms. The Morgan fingerprint density at radius 2 is 1.72 bits per heavy atom. The van der Waals surface area contributed by atoms with Crippen LogP contribution in [-0.4, -0.2) is 37.3 Å². The number of hydrogen-bond acceptors (Lipinski definition) is 3. The van der Waals surface area contributed by atoms with E-state index in [0.29, 0.717) is 16.2 Å². The Balaban J connectivity index is 0.00000240. The number of likely N-dealkylation sites (tertiary alicyclic amines) is 1. The SMILES string of the molecule is CC(C)(C)C(=O)OC[N+]1(C)CC2c3ccccc3Oc3ccc(Cl)cc3C2C1.[Cl-]. The summed E-state index contributed by atoms with van der Waals surface area (Å²) in [7, 11) is 2.16. The Bertz CT molecular complexity index is 925. The van der Waals surface area contributed by atoms with Crippen LogP contribution in [0.4, 0.5) is 0 Å². The van der Waals surface area contributed by atoms with Crippen molar-refractivity contribution < 1.29 is 31.2 Å². The van der Waals surface area contributed by atoms with Crippen molar-refractivity contribution in [1.29, 1.82) is 0 Å². The highest BCUT2D eigenvalue weighted by molar-refractivity contribution is 6.30. The molecule has 1 fully saturated rings. The molecule has 0 bridgehead atoms. The number of hydrogen-bond donors (Lipinski definition) is 0. The van der Waals surface area contributed by atoms with E-state index < -0.39 is 5.41 Å². The average Bonchev–Trinajstić information content (AvgIpc) is 2.93. The Morgan fingerprint density at radius 1 is 1.10 bits per heavy atom. The van der Waals surface area contributed by atoms with Crippen molar-refractivity contribution in [3.05, 3.63) is 58.6 Å². The van der Waals surface area contributed by atoms with Crippen LogP contribution in [0.3, 0.4) is 0 Å². The van der Waals surface area contributed by atoms with Gasteiger partial charge in [-0.1, -0.05) is 29.8 Å². The largest absolute Gasteiger partial charge is 1.00 e. The van der Waals surface area contributed by atoms with Crippen molar-refractivity contribution >= 4 is 17.6 Å². The van der Waals surface area contributed by atoms with Gasteiger partial charge in [-0.3, -0.25) is 9.28 Å². The second-order valence-electron chi connectivity index (χ2n) is 9.33. The molecule has 6 heteroatoms. The summed E-state index contributed by atoms with van der Waals surface area (Å²) < 4.78 is 12.6. The summed E-state index contributed by atoms with van der Waals surface area (Å²) in [5, 5.41) is 0.715. The van der Waals surface area contributed by atoms with Crippen molar-refractivity contribution in [2.45, 2.75) is 32.6 Å². The highest BCUT2D eigenvalue weighted by Gasteiger charge is 2.48. The highest BCUT2D eigenvalue weighted by Crippen LogP contribution is 2.51. The summed E-state index contributed by atoms with van der Waals surface area (Å²) in [6.07, 6.45) is 0. The van der Waals surface area contributed by atoms with E-state index in [0.717, 1.165) is 30.2 Å². The van der Waals surface area contributed by atoms with Crippen molar-refractivity contribution in [1.82, 2.24) is 0 Å². The summed E-state index contributed by atoms with van der Waals surface area (Å²) in [4.78, 5) is 12.3. The number of halogens is 2. The van der Waals surface area contributed by atoms with Crippen molar-refractivity contribution in [3.63, 3.8) is 0 Å². The minimum absolute atomic E-state index is 0. The van der Waals surface area contributed by atoms with Gasteiger partial charge >= 0.3 is 5.97 Å². The number of rotatable bonds is 2. The van der Waals surface area contributed by atoms with Gasteiger partial charge < -0.3 is 21.9 Å². The molecule has 0 aromatic heterocycles. The smallest absolute Gasteiger partial charge is 0.315 e. The lowest BCUT2D eigenvalue weighted by atomic mass is 9.84. The Labute approximate surface area is 183 Å². The number of esters is 1. The van der Waals surface area contributed by atoms with Crippen LogP contribution in [-0.2, 0) is 9.53 Å². The lowest BCUT2D eigenvalue weighted by Crippen LogP contribution is -3.00. The van der Waals surface area contributed by atoms with Crippen LogP contribution in [0.25, 0.3) is 0 Å². The van der Waals surface area contributed by atoms with E-state index in [9.17, 15) is 4.79 Å². The number of likely N-dealkylation sites (N-methyl/N-ethyl adjacent to an activating group) is 1. The topological polar surface area (TPSA) is 35.5 Å². The first-order valence-electron chi connectivity index (χ1n) is 9.73. The number of carbonyl (C=O) groups is 1. The maximum Gasteiger partial charge on any atom is 0.315 e. The predicted octanol–water partition coefficient (Wildman–Crippen LogP) is 2.32. The molecule has 0 N–H and O–H groups in total. The number of benzene rings is 2. The first-order chi connectivity index (χ1) is 13.2. The summed E-state index contributed by atoms with van der Waals surface area (Å²) >= 11 is 6.33. The third kappa shape index (κ3) is 4.25. The summed E-state index contributed by atoms with van der Waals surface area (Å²) in [6, 6.07) is 14.1. The van der Waals surface area contributed by atoms with E-state index in [1.165, 1.54) is 5.56 Å². The van der Waals surface area contributed by atoms with Crippen molar-refractivity contribution in [3.8, 4) is 11.5 Å². The van der Waals surface area contributed by atoms with Crippen molar-refractivity contribution in [2.75, 3.05) is 26.9 Å². The number of quaternary nitrogens is 1. The van der Waals surface area contributed by atoms with Crippen LogP contribution < -0.4 is 17.1 Å². The van der Waals surface area contributed by atoms with Gasteiger partial charge in [0, 0.05) is 28.0 Å². The zero-order valence-corrected chi connectivity index (χ0v) is 18.8. The van der Waals surface area contributed by atoms with Gasteiger partial charge in [-0.05, 0) is 45.0 Å². The number of ether oxygens (including phenoxy) is 2. The van der Waals surface area contributed by atoms with Gasteiger partial charge in [0.05, 0.1) is 25.6 Å². The molecule has 0 saturated carbocycles. The molecule has 3 unspecified atom stereocenters. The average molecular weight is 436 g/mol. The molecular weight excluding hydrogens is 409 g/mol. The van der Waals surface area contributed by atoms with E-state index in [1.807, 2.05) is 51.1 Å². The molecule has 0 amide bonds. The van der Waals surface area contributed by atoms with E-state index in [1.54, 1.807) is 0 Å². The van der Waals surface area contributed by atoms with E-state index >= 15 is 0 Å². The molecule has 2 aromatic rings. The minimum atomic E-state index is -0.496. The molecule has 2 aromatic carbocycles. The number of nitrogens with zero attached hydrogens (tertiary/aromatic N) is 1. The molecule has 0 radical (unpaired) electrons. The third-order valence-corrected chi connectivity index (χ3v) is 6.03. The number of fused-ring (bicyclic) bond motifs is 5. The van der Waals surface area contributed by atoms with Crippen molar-refractivity contribution in [2.24, 2.45) is 5.41 Å². The van der Waals surface area contributed by atoms with E-state index in [-0.39, 0.29) is 30.2 Å². The van der Waals surface area contributed by atoms with Crippen LogP contribution in [0.15, 0.2) is 42.5 Å². The lowest BCUT2D eigenvalue weighted by Gasteiger charge is -2.30. The van der Waals surface area contributed by atoms with Crippen LogP contribution >= 0.6 is 11.6 Å². The standard InChI is InChI=1S/C23H27ClNO3.ClH/c1-23(2,3)22(26)27-14-25(4)12-18-16-7-5-6-8-20(16)28-21-10-9-15(24)11-17(21)19(18)13-25;/h5-11,18-19H,12-14H2,1-4H3;1H/q+1;/p-1. The first-order valence-corrected chi connectivity index (χ1v) is 10.1. The first kappa shape index (κ1) is 21.9. The van der Waals surface area contributed by atoms with Gasteiger partial charge in [-0.2, -0.15) is 0 Å². The Hall–Kier alpha value is -1.75. The maximum atomic E-state index is 12.3. The van der Waals surface area contributed by atoms with Gasteiger partial charge in [0.25, 0.3) is 0 Å². The third-order valence-electron chi connectivity index (χ3n) is 5.79. The molecule has 0 aliphatic carbocycles. The zero-order chi connectivity index (χ0) is 20.1. The molecule has 4 rings (SSSR count). The van der Waals surface area contributed by atoms with Gasteiger partial charge in [0.15, 0.2) is 0 Å². The molecule has 156 valence electrons. The molecular formula is C23H27Cl2NO3. The predicted molar refractivity (Wildman–Crippen MR) is 110 cm³/mol. The summed E-state index contributed by atoms with van der Waals surface area (Å²) in [5.41, 5.74) is 1.85. The quantitative estimate of drug-likeness (QED) is 0.536. The monoisotopic (exact) mass is 435 g/mol. The molecule has 2 aliphatic rings. The second kappa shape index (κ2) is 7.82. The molecule has 3 atom stereocenters. The van der Waals surface area contributed by atoms with Gasteiger partial charge in [-0.15, -0.1) is 0 Å². The molecule has 1 saturated heterocycles. The van der Waals surface area contributed by atoms with Crippen LogP contribution in [0.1, 0.15) is 43.7 Å². The Kier molecular flexibility index (Phi) is 5.92. The van der Waals surface area contributed by atoms with E-state index in [2.05, 4.69) is 19.2 Å². The van der Waals surface area contributed by atoms with E-state index in [4.69, 9.17) is 21.1 Å². The normalized spacial score (nSPS) is 24.9. The fourth-order valence-electron chi connectivity index (χ4n) is 4.35. The summed E-state index contributed by atoms with van der Waals surface area (Å²) in [5.74, 6) is 2.15. The molecule has 4 nitrogen and oxygen atoms in total. The second-order valence-corrected chi connectivity index (χ2v) is 9.77. The van der Waals surface area contributed by atoms with Gasteiger partial charge in [-0.25, -0.2) is 0 Å². The summed E-state index contributed by atoms with van der Waals surface area (Å²) in [6.45, 7) is 7.78. The molecule has 2 heterocycles. The van der Waals surface area contributed by atoms with Gasteiger partial charge in [0.1, 0.15) is 11.5 Å². The lowest BCUT2D eigenvalue weighted by molar-refractivity contribution is -0.915. The maximum absolute atomic E-state index is 12.3. The van der Waals surface area contributed by atoms with Crippen LogP contribution in [0, 0.1) is 5.41 Å². The molecule has 2 aliphatic heterocycles. The molecule has 0 spiro atoms. The fourth-order valence-corrected chi connectivity index (χ4v) is 4.53. The highest BCUT2D eigenvalue weighted by atomic mass is 35.5. The number of carbonyl (C=O) groups excluding carboxylic acids is 1. The fraction of sp³-hybridized carbons (Fsp3) is 0.435. The Morgan fingerprint density at radius 3 is 2.41 bits per heavy atom.